The van der Waals surface area contributed by atoms with Gasteiger partial charge in [0.15, 0.2) is 0 Å². The summed E-state index contributed by atoms with van der Waals surface area (Å²) in [4.78, 5) is 41.1. The van der Waals surface area contributed by atoms with E-state index in [1.807, 2.05) is 12.1 Å². The number of anilines is 1. The first-order valence-corrected chi connectivity index (χ1v) is 13.8. The van der Waals surface area contributed by atoms with Crippen LogP contribution in [0.2, 0.25) is 10.0 Å². The van der Waals surface area contributed by atoms with Crippen molar-refractivity contribution >= 4 is 52.5 Å². The maximum absolute atomic E-state index is 13.5. The van der Waals surface area contributed by atoms with Gasteiger partial charge in [0, 0.05) is 21.2 Å². The first-order valence-electron chi connectivity index (χ1n) is 13.1. The van der Waals surface area contributed by atoms with Crippen LogP contribution in [0, 0.1) is 0 Å². The number of carboxylic acid groups (broad SMARTS) is 1. The number of nitrogens with zero attached hydrogens (tertiary/aromatic N) is 4. The molecule has 226 valence electrons. The summed E-state index contributed by atoms with van der Waals surface area (Å²) >= 11 is 12.6. The minimum absolute atomic E-state index is 0.0436. The van der Waals surface area contributed by atoms with Crippen LogP contribution < -0.4 is 10.0 Å². The Bertz CT molecular complexity index is 1560. The lowest BCUT2D eigenvalue weighted by Crippen LogP contribution is -2.39. The van der Waals surface area contributed by atoms with E-state index in [2.05, 4.69) is 47.8 Å². The van der Waals surface area contributed by atoms with E-state index < -0.39 is 12.1 Å². The maximum Gasteiger partial charge on any atom is 0.430 e. The second-order valence-corrected chi connectivity index (χ2v) is 10.9. The van der Waals surface area contributed by atoms with Crippen molar-refractivity contribution in [1.82, 2.24) is 9.80 Å². The van der Waals surface area contributed by atoms with E-state index in [0.29, 0.717) is 22.2 Å². The zero-order valence-corrected chi connectivity index (χ0v) is 24.7. The van der Waals surface area contributed by atoms with Gasteiger partial charge < -0.3 is 19.7 Å². The number of fused-ring (bicyclic) bond motifs is 1. The number of amides is 2. The highest BCUT2D eigenvalue weighted by Crippen LogP contribution is 2.33. The molecule has 0 unspecified atom stereocenters. The Hall–Kier alpha value is -4.09. The van der Waals surface area contributed by atoms with Gasteiger partial charge in [-0.2, -0.15) is 13.2 Å². The van der Waals surface area contributed by atoms with E-state index in [1.165, 1.54) is 5.84 Å². The van der Waals surface area contributed by atoms with Crippen LogP contribution in [0.5, 0.6) is 0 Å². The zero-order chi connectivity index (χ0) is 31.5. The molecule has 8 nitrogen and oxygen atoms in total. The van der Waals surface area contributed by atoms with Gasteiger partial charge in [0.05, 0.1) is 38.4 Å². The number of carbonyl (C=O) groups excluding carboxylic acids is 3. The predicted molar refractivity (Wildman–Crippen MR) is 154 cm³/mol. The number of halogens is 5. The molecule has 3 aromatic carbocycles. The molecule has 5 rings (SSSR count). The third-order valence-electron chi connectivity index (χ3n) is 7.02. The Kier molecular flexibility index (Phi) is 9.66. The van der Waals surface area contributed by atoms with Crippen LogP contribution in [0.3, 0.4) is 0 Å². The smallest absolute Gasteiger partial charge is 0.430 e. The number of likely N-dealkylation sites (N-methyl/N-ethyl adjacent to an activating group) is 2. The van der Waals surface area contributed by atoms with Crippen molar-refractivity contribution in [2.24, 2.45) is 0 Å². The van der Waals surface area contributed by atoms with Gasteiger partial charge in [-0.3, -0.25) is 19.1 Å². The molecule has 13 heteroatoms. The highest BCUT2D eigenvalue weighted by molar-refractivity contribution is 6.32. The van der Waals surface area contributed by atoms with Crippen molar-refractivity contribution in [2.75, 3.05) is 38.6 Å². The van der Waals surface area contributed by atoms with Crippen LogP contribution in [0.25, 0.3) is 0 Å². The molecule has 0 saturated carbocycles. The first kappa shape index (κ1) is 31.8. The van der Waals surface area contributed by atoms with Gasteiger partial charge in [0.2, 0.25) is 5.91 Å². The molecular formula is C30H27Cl2F3N4O4. The molecule has 0 fully saturated rings. The number of hydrogen-bond acceptors (Lipinski definition) is 5. The van der Waals surface area contributed by atoms with E-state index in [4.69, 9.17) is 33.1 Å². The van der Waals surface area contributed by atoms with Crippen LogP contribution in [0.15, 0.2) is 66.7 Å². The zero-order valence-electron chi connectivity index (χ0n) is 23.2. The third-order valence-corrected chi connectivity index (χ3v) is 7.62. The van der Waals surface area contributed by atoms with Gasteiger partial charge in [-0.1, -0.05) is 41.4 Å². The molecule has 2 amide bonds. The van der Waals surface area contributed by atoms with Gasteiger partial charge in [-0.15, -0.1) is 0 Å². The summed E-state index contributed by atoms with van der Waals surface area (Å²) in [6.45, 7) is 2.58. The molecular weight excluding hydrogens is 608 g/mol. The van der Waals surface area contributed by atoms with Crippen molar-refractivity contribution < 1.29 is 37.2 Å². The lowest BCUT2D eigenvalue weighted by molar-refractivity contribution is -0.486. The average molecular weight is 635 g/mol. The van der Waals surface area contributed by atoms with Crippen molar-refractivity contribution in [3.05, 3.63) is 99.0 Å². The molecule has 2 heterocycles. The van der Waals surface area contributed by atoms with Gasteiger partial charge in [-0.25, -0.2) is 0 Å². The molecule has 0 aliphatic carbocycles. The van der Waals surface area contributed by atoms with Crippen LogP contribution >= 0.6 is 23.2 Å². The fraction of sp³-hybridized carbons (Fsp3) is 0.267. The molecule has 0 spiro atoms. The van der Waals surface area contributed by atoms with E-state index in [1.54, 1.807) is 40.1 Å². The topological polar surface area (TPSA) is 87.0 Å². The van der Waals surface area contributed by atoms with Gasteiger partial charge in [0.25, 0.3) is 11.7 Å². The van der Waals surface area contributed by atoms with E-state index in [9.17, 15) is 22.8 Å². The van der Waals surface area contributed by atoms with Crippen LogP contribution in [-0.4, -0.2) is 77.9 Å². The number of alkyl halides is 3. The second kappa shape index (κ2) is 13.0. The normalized spacial score (nSPS) is 15.1. The second-order valence-electron chi connectivity index (χ2n) is 10.0. The fourth-order valence-corrected chi connectivity index (χ4v) is 5.22. The highest BCUT2D eigenvalue weighted by atomic mass is 35.5. The molecule has 0 atom stereocenters. The summed E-state index contributed by atoms with van der Waals surface area (Å²) in [5.41, 5.74) is 4.11. The van der Waals surface area contributed by atoms with Crippen LogP contribution in [0.1, 0.15) is 27.0 Å². The summed E-state index contributed by atoms with van der Waals surface area (Å²) in [5, 5.41) is 9.86. The van der Waals surface area contributed by atoms with E-state index in [-0.39, 0.29) is 24.9 Å². The number of aliphatic carboxylic acids is 1. The summed E-state index contributed by atoms with van der Waals surface area (Å²) < 4.78 is 33.8. The summed E-state index contributed by atoms with van der Waals surface area (Å²) in [6.07, 6.45) is -5.19. The molecule has 0 bridgehead atoms. The number of hydrogen-bond donors (Lipinski definition) is 0. The third kappa shape index (κ3) is 7.47. The van der Waals surface area contributed by atoms with Gasteiger partial charge in [-0.05, 0) is 54.1 Å². The molecule has 0 aromatic heterocycles. The number of rotatable bonds is 4. The Morgan fingerprint density at radius 1 is 0.977 bits per heavy atom. The molecule has 0 radical (unpaired) electrons. The monoisotopic (exact) mass is 634 g/mol. The van der Waals surface area contributed by atoms with Gasteiger partial charge in [0.1, 0.15) is 25.6 Å². The summed E-state index contributed by atoms with van der Waals surface area (Å²) in [5.74, 6) is -2.21. The maximum atomic E-state index is 13.5. The highest BCUT2D eigenvalue weighted by Gasteiger charge is 2.31. The number of amidine groups is 1. The van der Waals surface area contributed by atoms with E-state index >= 15 is 0 Å². The average Bonchev–Trinajstić information content (AvgIpc) is 3.22. The van der Waals surface area contributed by atoms with Crippen molar-refractivity contribution in [3.63, 3.8) is 0 Å². The lowest BCUT2D eigenvalue weighted by Gasteiger charge is -2.23. The standard InChI is InChI=1S/C28H27Cl2N4O2.C2HF3O2/c1-31-14-15-32(2)27(31)20-8-6-19(7-9-20)16-34-25-5-3-4-24(30)23(25)17-33(18-26(34)35)28(36)21-10-12-22(29)13-11-21;3-2(4,5)1(6)7/h3-13H,14-18H2,1-2H3;(H,6,7)/q+1;/p-1. The molecule has 43 heavy (non-hydrogen) atoms. The van der Waals surface area contributed by atoms with Gasteiger partial charge >= 0.3 is 6.18 Å². The molecule has 0 N–H and O–H groups in total. The number of carboxylic acids is 1. The summed E-state index contributed by atoms with van der Waals surface area (Å²) in [7, 11) is 4.20. The fourth-order valence-electron chi connectivity index (χ4n) is 4.86. The Morgan fingerprint density at radius 3 is 2.16 bits per heavy atom. The molecule has 2 aliphatic rings. The Balaban J connectivity index is 0.000000541. The summed E-state index contributed by atoms with van der Waals surface area (Å²) in [6, 6.07) is 20.5. The minimum Gasteiger partial charge on any atom is -0.542 e. The van der Waals surface area contributed by atoms with E-state index in [0.717, 1.165) is 35.5 Å². The number of carbonyl (C=O) groups is 3. The lowest BCUT2D eigenvalue weighted by atomic mass is 10.1. The first-order chi connectivity index (χ1) is 20.3. The van der Waals surface area contributed by atoms with Crippen LogP contribution in [-0.2, 0) is 22.7 Å². The molecule has 2 aliphatic heterocycles. The van der Waals surface area contributed by atoms with Crippen molar-refractivity contribution in [3.8, 4) is 0 Å². The Morgan fingerprint density at radius 2 is 1.60 bits per heavy atom. The minimum atomic E-state index is -5.19. The van der Waals surface area contributed by atoms with Crippen LogP contribution in [0.4, 0.5) is 18.9 Å². The molecule has 0 saturated heterocycles. The largest absolute Gasteiger partial charge is 0.542 e. The van der Waals surface area contributed by atoms with Crippen molar-refractivity contribution in [1.29, 1.82) is 0 Å². The number of benzene rings is 3. The predicted octanol–water partition coefficient (Wildman–Crippen LogP) is 3.82. The SMILES string of the molecule is CN1CC[N+](C)=C1c1ccc(CN2C(=O)CN(C(=O)c3ccc(Cl)cc3)Cc3c(Cl)cccc32)cc1.O=C([O-])C(F)(F)F. The quantitative estimate of drug-likeness (QED) is 0.408. The van der Waals surface area contributed by atoms with Crippen molar-refractivity contribution in [2.45, 2.75) is 19.3 Å². The molecule has 3 aromatic rings. The Labute approximate surface area is 256 Å².